The van der Waals surface area contributed by atoms with E-state index in [-0.39, 0.29) is 5.92 Å². The van der Waals surface area contributed by atoms with Crippen molar-refractivity contribution in [3.63, 3.8) is 0 Å². The molecule has 17 heavy (non-hydrogen) atoms. The maximum absolute atomic E-state index is 12.1. The third kappa shape index (κ3) is 4.65. The zero-order valence-corrected chi connectivity index (χ0v) is 11.0. The Morgan fingerprint density at radius 3 is 2.71 bits per heavy atom. The Bertz CT molecular complexity index is 335. The highest BCUT2D eigenvalue weighted by Crippen LogP contribution is 2.20. The molecule has 1 aromatic heterocycles. The molecule has 0 spiro atoms. The van der Waals surface area contributed by atoms with E-state index in [0.29, 0.717) is 12.2 Å². The molecule has 0 aromatic carbocycles. The molecule has 0 aliphatic rings. The summed E-state index contributed by atoms with van der Waals surface area (Å²) in [6.07, 6.45) is 4.17. The summed E-state index contributed by atoms with van der Waals surface area (Å²) < 4.78 is 0. The molecule has 0 aliphatic heterocycles. The van der Waals surface area contributed by atoms with Gasteiger partial charge in [0, 0.05) is 12.6 Å². The second kappa shape index (κ2) is 7.17. The van der Waals surface area contributed by atoms with Gasteiger partial charge in [-0.3, -0.25) is 9.78 Å². The van der Waals surface area contributed by atoms with Crippen molar-refractivity contribution in [3.05, 3.63) is 30.1 Å². The summed E-state index contributed by atoms with van der Waals surface area (Å²) in [5.41, 5.74) is 0.910. The lowest BCUT2D eigenvalue weighted by Gasteiger charge is -2.17. The molecular weight excluding hydrogens is 212 g/mol. The third-order valence-corrected chi connectivity index (χ3v) is 2.79. The fourth-order valence-electron chi connectivity index (χ4n) is 1.86. The van der Waals surface area contributed by atoms with Gasteiger partial charge in [0.15, 0.2) is 0 Å². The van der Waals surface area contributed by atoms with Crippen LogP contribution >= 0.6 is 0 Å². The lowest BCUT2D eigenvalue weighted by Crippen LogP contribution is -2.21. The Labute approximate surface area is 104 Å². The van der Waals surface area contributed by atoms with E-state index < -0.39 is 0 Å². The minimum Gasteiger partial charge on any atom is -0.309 e. The first-order chi connectivity index (χ1) is 8.15. The van der Waals surface area contributed by atoms with E-state index in [4.69, 9.17) is 0 Å². The van der Waals surface area contributed by atoms with E-state index in [1.165, 1.54) is 0 Å². The van der Waals surface area contributed by atoms with Crippen LogP contribution in [-0.2, 0) is 4.79 Å². The lowest BCUT2D eigenvalue weighted by atomic mass is 9.93. The first kappa shape index (κ1) is 13.8. The summed E-state index contributed by atoms with van der Waals surface area (Å²) in [7, 11) is 4.06. The van der Waals surface area contributed by atoms with Gasteiger partial charge in [-0.25, -0.2) is 0 Å². The maximum atomic E-state index is 12.1. The van der Waals surface area contributed by atoms with Crippen molar-refractivity contribution in [2.24, 2.45) is 0 Å². The van der Waals surface area contributed by atoms with Gasteiger partial charge in [-0.2, -0.15) is 0 Å². The van der Waals surface area contributed by atoms with Crippen molar-refractivity contribution >= 4 is 5.78 Å². The molecule has 0 saturated carbocycles. The zero-order valence-electron chi connectivity index (χ0n) is 11.0. The van der Waals surface area contributed by atoms with Gasteiger partial charge in [-0.1, -0.05) is 13.0 Å². The smallest absolute Gasteiger partial charge is 0.141 e. The average molecular weight is 234 g/mol. The van der Waals surface area contributed by atoms with Crippen LogP contribution in [-0.4, -0.2) is 36.3 Å². The average Bonchev–Trinajstić information content (AvgIpc) is 2.30. The van der Waals surface area contributed by atoms with Crippen molar-refractivity contribution in [2.45, 2.75) is 32.1 Å². The monoisotopic (exact) mass is 234 g/mol. The normalized spacial score (nSPS) is 12.7. The number of carbonyl (C=O) groups excluding carboxylic acids is 1. The number of hydrogen-bond acceptors (Lipinski definition) is 3. The second-order valence-electron chi connectivity index (χ2n) is 4.62. The summed E-state index contributed by atoms with van der Waals surface area (Å²) in [5.74, 6) is 0.270. The SMILES string of the molecule is CCCC(=O)C(CCN(C)C)c1ccccn1. The largest absolute Gasteiger partial charge is 0.309 e. The van der Waals surface area contributed by atoms with Crippen LogP contribution < -0.4 is 0 Å². The number of hydrogen-bond donors (Lipinski definition) is 0. The van der Waals surface area contributed by atoms with Gasteiger partial charge in [0.25, 0.3) is 0 Å². The molecule has 1 atom stereocenters. The zero-order chi connectivity index (χ0) is 12.7. The molecule has 1 heterocycles. The van der Waals surface area contributed by atoms with Gasteiger partial charge < -0.3 is 4.90 Å². The molecular formula is C14H22N2O. The molecule has 0 bridgehead atoms. The quantitative estimate of drug-likeness (QED) is 0.726. The number of aromatic nitrogens is 1. The van der Waals surface area contributed by atoms with Crippen molar-refractivity contribution in [3.8, 4) is 0 Å². The first-order valence-electron chi connectivity index (χ1n) is 6.23. The van der Waals surface area contributed by atoms with Crippen LogP contribution in [0.1, 0.15) is 37.8 Å². The predicted octanol–water partition coefficient (Wildman–Crippen LogP) is 2.49. The van der Waals surface area contributed by atoms with Gasteiger partial charge in [-0.15, -0.1) is 0 Å². The minimum atomic E-state index is -0.0430. The molecule has 1 aromatic rings. The number of pyridine rings is 1. The minimum absolute atomic E-state index is 0.0430. The van der Waals surface area contributed by atoms with Gasteiger partial charge in [0.1, 0.15) is 5.78 Å². The van der Waals surface area contributed by atoms with E-state index in [1.54, 1.807) is 6.20 Å². The molecule has 0 fully saturated rings. The number of nitrogens with zero attached hydrogens (tertiary/aromatic N) is 2. The molecule has 1 rings (SSSR count). The fourth-order valence-corrected chi connectivity index (χ4v) is 1.86. The predicted molar refractivity (Wildman–Crippen MR) is 70.1 cm³/mol. The maximum Gasteiger partial charge on any atom is 0.141 e. The van der Waals surface area contributed by atoms with Gasteiger partial charge in [0.2, 0.25) is 0 Å². The number of Topliss-reactive ketones (excluding diaryl/α,β-unsaturated/α-hetero) is 1. The second-order valence-corrected chi connectivity index (χ2v) is 4.62. The van der Waals surface area contributed by atoms with Crippen LogP contribution in [0.25, 0.3) is 0 Å². The molecule has 0 N–H and O–H groups in total. The molecule has 0 aliphatic carbocycles. The molecule has 0 saturated heterocycles. The van der Waals surface area contributed by atoms with Crippen LogP contribution in [0.3, 0.4) is 0 Å². The molecule has 3 heteroatoms. The van der Waals surface area contributed by atoms with Crippen LogP contribution in [0.4, 0.5) is 0 Å². The van der Waals surface area contributed by atoms with Crippen molar-refractivity contribution in [2.75, 3.05) is 20.6 Å². The Hall–Kier alpha value is -1.22. The number of carbonyl (C=O) groups is 1. The van der Waals surface area contributed by atoms with Crippen LogP contribution in [0, 0.1) is 0 Å². The van der Waals surface area contributed by atoms with E-state index in [9.17, 15) is 4.79 Å². The highest BCUT2D eigenvalue weighted by atomic mass is 16.1. The third-order valence-electron chi connectivity index (χ3n) is 2.79. The van der Waals surface area contributed by atoms with E-state index in [2.05, 4.69) is 9.88 Å². The number of ketones is 1. The van der Waals surface area contributed by atoms with Crippen LogP contribution in [0.2, 0.25) is 0 Å². The highest BCUT2D eigenvalue weighted by molar-refractivity contribution is 5.85. The fraction of sp³-hybridized carbons (Fsp3) is 0.571. The summed E-state index contributed by atoms with van der Waals surface area (Å²) in [6.45, 7) is 2.95. The van der Waals surface area contributed by atoms with Crippen molar-refractivity contribution < 1.29 is 4.79 Å². The molecule has 3 nitrogen and oxygen atoms in total. The van der Waals surface area contributed by atoms with Crippen LogP contribution in [0.5, 0.6) is 0 Å². The molecule has 94 valence electrons. The van der Waals surface area contributed by atoms with Crippen molar-refractivity contribution in [1.82, 2.24) is 9.88 Å². The van der Waals surface area contributed by atoms with Crippen LogP contribution in [0.15, 0.2) is 24.4 Å². The molecule has 0 radical (unpaired) electrons. The highest BCUT2D eigenvalue weighted by Gasteiger charge is 2.20. The van der Waals surface area contributed by atoms with E-state index >= 15 is 0 Å². The van der Waals surface area contributed by atoms with Gasteiger partial charge in [0.05, 0.1) is 11.6 Å². The summed E-state index contributed by atoms with van der Waals surface area (Å²) in [6, 6.07) is 5.79. The summed E-state index contributed by atoms with van der Waals surface area (Å²) in [5, 5.41) is 0. The standard InChI is InChI=1S/C14H22N2O/c1-4-7-14(17)12(9-11-16(2)3)13-8-5-6-10-15-13/h5-6,8,10,12H,4,7,9,11H2,1-3H3. The molecule has 0 amide bonds. The van der Waals surface area contributed by atoms with E-state index in [0.717, 1.165) is 25.1 Å². The van der Waals surface area contributed by atoms with Gasteiger partial charge >= 0.3 is 0 Å². The topological polar surface area (TPSA) is 33.2 Å². The Morgan fingerprint density at radius 2 is 2.18 bits per heavy atom. The molecule has 1 unspecified atom stereocenters. The van der Waals surface area contributed by atoms with Crippen molar-refractivity contribution in [1.29, 1.82) is 0 Å². The summed E-state index contributed by atoms with van der Waals surface area (Å²) >= 11 is 0. The lowest BCUT2D eigenvalue weighted by molar-refractivity contribution is -0.120. The van der Waals surface area contributed by atoms with Gasteiger partial charge in [-0.05, 0) is 45.6 Å². The Balaban J connectivity index is 2.75. The summed E-state index contributed by atoms with van der Waals surface area (Å²) in [4.78, 5) is 18.5. The van der Waals surface area contributed by atoms with E-state index in [1.807, 2.05) is 39.2 Å². The number of rotatable bonds is 7. The Kier molecular flexibility index (Phi) is 5.84. The first-order valence-corrected chi connectivity index (χ1v) is 6.23. The Morgan fingerprint density at radius 1 is 1.41 bits per heavy atom.